The predicted molar refractivity (Wildman–Crippen MR) is 98.5 cm³/mol. The van der Waals surface area contributed by atoms with Gasteiger partial charge in [0.05, 0.1) is 4.92 Å². The minimum Gasteiger partial charge on any atom is -0.473 e. The average molecular weight is 404 g/mol. The van der Waals surface area contributed by atoms with Gasteiger partial charge in [0.25, 0.3) is 11.6 Å². The summed E-state index contributed by atoms with van der Waals surface area (Å²) in [6.45, 7) is 5.97. The van der Waals surface area contributed by atoms with Gasteiger partial charge in [-0.05, 0) is 24.2 Å². The van der Waals surface area contributed by atoms with Gasteiger partial charge in [0.2, 0.25) is 0 Å². The highest BCUT2D eigenvalue weighted by Crippen LogP contribution is 2.31. The summed E-state index contributed by atoms with van der Waals surface area (Å²) in [5, 5.41) is 18.9. The van der Waals surface area contributed by atoms with Crippen LogP contribution >= 0.6 is 24.0 Å². The van der Waals surface area contributed by atoms with Crippen molar-refractivity contribution in [1.29, 1.82) is 0 Å². The van der Waals surface area contributed by atoms with Crippen LogP contribution in [0.1, 0.15) is 5.69 Å². The van der Waals surface area contributed by atoms with E-state index in [1.54, 1.807) is 19.1 Å². The zero-order valence-corrected chi connectivity index (χ0v) is 15.7. The number of aryl methyl sites for hydroxylation is 1. The van der Waals surface area contributed by atoms with E-state index in [2.05, 4.69) is 19.8 Å². The summed E-state index contributed by atoms with van der Waals surface area (Å²) in [6, 6.07) is 4.78. The van der Waals surface area contributed by atoms with Crippen LogP contribution in [0, 0.1) is 17.0 Å². The lowest BCUT2D eigenvalue weighted by Gasteiger charge is -2.35. The van der Waals surface area contributed by atoms with Crippen LogP contribution in [0.2, 0.25) is 5.02 Å². The second-order valence-electron chi connectivity index (χ2n) is 5.72. The molecular formula is C15H19Cl2N5O4. The molecular weight excluding hydrogens is 385 g/mol. The van der Waals surface area contributed by atoms with Crippen LogP contribution in [0.3, 0.4) is 0 Å². The second kappa shape index (κ2) is 9.02. The van der Waals surface area contributed by atoms with Gasteiger partial charge in [-0.2, -0.15) is 0 Å². The van der Waals surface area contributed by atoms with Crippen molar-refractivity contribution in [3.05, 3.63) is 39.0 Å². The van der Waals surface area contributed by atoms with Gasteiger partial charge in [0.15, 0.2) is 0 Å². The fourth-order valence-corrected chi connectivity index (χ4v) is 2.91. The number of benzene rings is 1. The molecule has 1 saturated heterocycles. The van der Waals surface area contributed by atoms with E-state index in [9.17, 15) is 10.1 Å². The number of aromatic nitrogens is 2. The van der Waals surface area contributed by atoms with Crippen LogP contribution in [-0.2, 0) is 0 Å². The van der Waals surface area contributed by atoms with Crippen molar-refractivity contribution >= 4 is 35.4 Å². The summed E-state index contributed by atoms with van der Waals surface area (Å²) in [4.78, 5) is 15.1. The fraction of sp³-hybridized carbons (Fsp3) is 0.467. The van der Waals surface area contributed by atoms with E-state index in [0.717, 1.165) is 19.6 Å². The Hall–Kier alpha value is -2.10. The van der Waals surface area contributed by atoms with Crippen molar-refractivity contribution in [1.82, 2.24) is 15.2 Å². The van der Waals surface area contributed by atoms with Crippen LogP contribution in [-0.4, -0.2) is 59.5 Å². The number of anilines is 1. The van der Waals surface area contributed by atoms with E-state index in [0.29, 0.717) is 42.0 Å². The van der Waals surface area contributed by atoms with Crippen LogP contribution in [0.25, 0.3) is 0 Å². The number of nitro benzene ring substituents is 1. The standard InChI is InChI=1S/C15H18ClN5O4.ClH/c1-11-15(18-25-17-11)24-9-8-19-4-6-20(7-5-19)13-3-2-12(16)10-14(13)21(22)23;/h2-3,10H,4-9H2,1H3;1H. The molecule has 0 bridgehead atoms. The first-order valence-electron chi connectivity index (χ1n) is 7.88. The maximum atomic E-state index is 11.2. The molecule has 0 saturated carbocycles. The summed E-state index contributed by atoms with van der Waals surface area (Å²) >= 11 is 5.87. The molecule has 0 spiro atoms. The zero-order valence-electron chi connectivity index (χ0n) is 14.1. The molecule has 1 aliphatic heterocycles. The molecule has 2 aromatic rings. The van der Waals surface area contributed by atoms with Crippen LogP contribution < -0.4 is 9.64 Å². The summed E-state index contributed by atoms with van der Waals surface area (Å²) < 4.78 is 10.1. The number of hydrogen-bond donors (Lipinski definition) is 0. The Morgan fingerprint density at radius 1 is 1.31 bits per heavy atom. The highest BCUT2D eigenvalue weighted by atomic mass is 35.5. The average Bonchev–Trinajstić information content (AvgIpc) is 3.01. The Kier molecular flexibility index (Phi) is 7.01. The van der Waals surface area contributed by atoms with Gasteiger partial charge in [0, 0.05) is 43.8 Å². The number of halogens is 2. The molecule has 2 heterocycles. The molecule has 1 aliphatic rings. The van der Waals surface area contributed by atoms with E-state index >= 15 is 0 Å². The molecule has 0 atom stereocenters. The summed E-state index contributed by atoms with van der Waals surface area (Å²) in [5.74, 6) is 0.412. The Morgan fingerprint density at radius 3 is 2.65 bits per heavy atom. The number of ether oxygens (including phenoxy) is 1. The van der Waals surface area contributed by atoms with Crippen molar-refractivity contribution in [3.8, 4) is 5.88 Å². The first kappa shape index (κ1) is 20.2. The molecule has 0 aliphatic carbocycles. The van der Waals surface area contributed by atoms with Gasteiger partial charge >= 0.3 is 0 Å². The third-order valence-electron chi connectivity index (χ3n) is 4.10. The summed E-state index contributed by atoms with van der Waals surface area (Å²) in [7, 11) is 0. The van der Waals surface area contributed by atoms with Crippen molar-refractivity contribution in [2.24, 2.45) is 0 Å². The third-order valence-corrected chi connectivity index (χ3v) is 4.34. The largest absolute Gasteiger partial charge is 0.473 e. The molecule has 0 N–H and O–H groups in total. The first-order chi connectivity index (χ1) is 12.0. The van der Waals surface area contributed by atoms with E-state index in [4.69, 9.17) is 16.3 Å². The molecule has 3 rings (SSSR count). The number of piperazine rings is 1. The minimum atomic E-state index is -0.393. The number of nitro groups is 1. The second-order valence-corrected chi connectivity index (χ2v) is 6.16. The monoisotopic (exact) mass is 403 g/mol. The molecule has 26 heavy (non-hydrogen) atoms. The first-order valence-corrected chi connectivity index (χ1v) is 8.25. The zero-order chi connectivity index (χ0) is 17.8. The third kappa shape index (κ3) is 4.75. The highest BCUT2D eigenvalue weighted by Gasteiger charge is 2.24. The van der Waals surface area contributed by atoms with Gasteiger partial charge in [-0.25, -0.2) is 4.63 Å². The molecule has 1 fully saturated rings. The van der Waals surface area contributed by atoms with Crippen LogP contribution in [0.4, 0.5) is 11.4 Å². The molecule has 142 valence electrons. The smallest absolute Gasteiger partial charge is 0.294 e. The molecule has 0 unspecified atom stereocenters. The molecule has 9 nitrogen and oxygen atoms in total. The summed E-state index contributed by atoms with van der Waals surface area (Å²) in [6.07, 6.45) is 0. The maximum Gasteiger partial charge on any atom is 0.294 e. The molecule has 1 aromatic heterocycles. The van der Waals surface area contributed by atoms with Crippen molar-refractivity contribution in [3.63, 3.8) is 0 Å². The minimum absolute atomic E-state index is 0. The van der Waals surface area contributed by atoms with Gasteiger partial charge < -0.3 is 9.64 Å². The Balaban J connectivity index is 0.00000243. The number of nitrogens with zero attached hydrogens (tertiary/aromatic N) is 5. The van der Waals surface area contributed by atoms with E-state index < -0.39 is 4.92 Å². The lowest BCUT2D eigenvalue weighted by Crippen LogP contribution is -2.47. The highest BCUT2D eigenvalue weighted by molar-refractivity contribution is 6.30. The fourth-order valence-electron chi connectivity index (χ4n) is 2.75. The van der Waals surface area contributed by atoms with Gasteiger partial charge in [-0.3, -0.25) is 15.0 Å². The molecule has 11 heteroatoms. The molecule has 0 amide bonds. The normalized spacial score (nSPS) is 14.8. The Morgan fingerprint density at radius 2 is 2.04 bits per heavy atom. The van der Waals surface area contributed by atoms with Crippen molar-refractivity contribution in [2.45, 2.75) is 6.92 Å². The number of hydrogen-bond acceptors (Lipinski definition) is 8. The quantitative estimate of drug-likeness (QED) is 0.535. The number of rotatable bonds is 6. The van der Waals surface area contributed by atoms with Gasteiger partial charge in [-0.1, -0.05) is 16.8 Å². The Labute approximate surface area is 161 Å². The van der Waals surface area contributed by atoms with E-state index in [-0.39, 0.29) is 18.1 Å². The topological polar surface area (TPSA) is 97.8 Å². The van der Waals surface area contributed by atoms with E-state index in [1.807, 2.05) is 4.90 Å². The van der Waals surface area contributed by atoms with E-state index in [1.165, 1.54) is 6.07 Å². The summed E-state index contributed by atoms with van der Waals surface area (Å²) in [5.41, 5.74) is 1.27. The lowest BCUT2D eigenvalue weighted by molar-refractivity contribution is -0.384. The van der Waals surface area contributed by atoms with Crippen molar-refractivity contribution < 1.29 is 14.3 Å². The lowest BCUT2D eigenvalue weighted by atomic mass is 10.2. The Bertz CT molecular complexity index is 749. The van der Waals surface area contributed by atoms with Gasteiger partial charge in [-0.15, -0.1) is 12.4 Å². The van der Waals surface area contributed by atoms with Crippen LogP contribution in [0.15, 0.2) is 22.8 Å². The molecule has 1 aromatic carbocycles. The SMILES string of the molecule is Cc1nonc1OCCN1CCN(c2ccc(Cl)cc2[N+](=O)[O-])CC1.Cl. The molecule has 0 radical (unpaired) electrons. The van der Waals surface area contributed by atoms with Crippen LogP contribution in [0.5, 0.6) is 5.88 Å². The maximum absolute atomic E-state index is 11.2. The van der Waals surface area contributed by atoms with Gasteiger partial charge in [0.1, 0.15) is 18.0 Å². The predicted octanol–water partition coefficient (Wildman–Crippen LogP) is 2.56. The van der Waals surface area contributed by atoms with Crippen molar-refractivity contribution in [2.75, 3.05) is 44.2 Å².